The van der Waals surface area contributed by atoms with E-state index in [2.05, 4.69) is 21.2 Å². The molecule has 3 nitrogen and oxygen atoms in total. The van der Waals surface area contributed by atoms with Crippen LogP contribution >= 0.6 is 15.9 Å². The number of amides is 1. The van der Waals surface area contributed by atoms with Gasteiger partial charge in [0.05, 0.1) is 16.2 Å². The zero-order valence-corrected chi connectivity index (χ0v) is 10.9. The Labute approximate surface area is 111 Å². The average Bonchev–Trinajstić information content (AvgIpc) is 2.25. The number of nitrogens with zero attached hydrogens (tertiary/aromatic N) is 1. The van der Waals surface area contributed by atoms with E-state index in [1.54, 1.807) is 0 Å². The van der Waals surface area contributed by atoms with Crippen LogP contribution in [0.4, 0.5) is 14.5 Å². The van der Waals surface area contributed by atoms with Gasteiger partial charge in [0.15, 0.2) is 0 Å². The summed E-state index contributed by atoms with van der Waals surface area (Å²) in [6.45, 7) is 0. The highest BCUT2D eigenvalue weighted by Gasteiger charge is 2.44. The largest absolute Gasteiger partial charge is 0.322 e. The third-order valence-electron chi connectivity index (χ3n) is 3.11. The molecule has 1 aromatic carbocycles. The van der Waals surface area contributed by atoms with Crippen LogP contribution in [0.15, 0.2) is 16.6 Å². The van der Waals surface area contributed by atoms with Crippen LogP contribution in [-0.2, 0) is 4.79 Å². The zero-order valence-electron chi connectivity index (χ0n) is 9.27. The van der Waals surface area contributed by atoms with Crippen LogP contribution in [-0.4, -0.2) is 5.91 Å². The Hall–Kier alpha value is -1.48. The third-order valence-corrected chi connectivity index (χ3v) is 3.72. The first kappa shape index (κ1) is 13.0. The number of halogens is 3. The van der Waals surface area contributed by atoms with Gasteiger partial charge in [-0.3, -0.25) is 4.79 Å². The molecule has 0 unspecified atom stereocenters. The van der Waals surface area contributed by atoms with Gasteiger partial charge in [0.1, 0.15) is 17.0 Å². The molecule has 1 aliphatic rings. The number of benzene rings is 1. The summed E-state index contributed by atoms with van der Waals surface area (Å²) in [5.41, 5.74) is -1.19. The predicted molar refractivity (Wildman–Crippen MR) is 64.6 cm³/mol. The lowest BCUT2D eigenvalue weighted by atomic mass is 9.69. The standard InChI is InChI=1S/C12H9BrF2N2O/c13-7-4-10(9(15)5-8(7)14)17-11(18)12(6-16)2-1-3-12/h4-5H,1-3H2,(H,17,18). The molecule has 0 spiro atoms. The van der Waals surface area contributed by atoms with E-state index in [1.165, 1.54) is 0 Å². The fraction of sp³-hybridized carbons (Fsp3) is 0.333. The molecule has 1 aliphatic carbocycles. The Balaban J connectivity index is 2.22. The molecule has 18 heavy (non-hydrogen) atoms. The second-order valence-corrected chi connectivity index (χ2v) is 5.10. The van der Waals surface area contributed by atoms with E-state index in [0.717, 1.165) is 12.5 Å². The summed E-state index contributed by atoms with van der Waals surface area (Å²) < 4.78 is 26.5. The summed E-state index contributed by atoms with van der Waals surface area (Å²) in [7, 11) is 0. The molecule has 0 heterocycles. The predicted octanol–water partition coefficient (Wildman–Crippen LogP) is 3.36. The van der Waals surface area contributed by atoms with Crippen molar-refractivity contribution >= 4 is 27.5 Å². The summed E-state index contributed by atoms with van der Waals surface area (Å²) in [4.78, 5) is 11.9. The number of carbonyl (C=O) groups excluding carboxylic acids is 1. The lowest BCUT2D eigenvalue weighted by molar-refractivity contribution is -0.126. The Morgan fingerprint density at radius 2 is 2.06 bits per heavy atom. The second kappa shape index (κ2) is 4.65. The number of rotatable bonds is 2. The number of anilines is 1. The maximum atomic E-state index is 13.4. The molecule has 1 aromatic rings. The molecule has 0 bridgehead atoms. The summed E-state index contributed by atoms with van der Waals surface area (Å²) >= 11 is 2.91. The van der Waals surface area contributed by atoms with Gasteiger partial charge in [-0.15, -0.1) is 0 Å². The summed E-state index contributed by atoms with van der Waals surface area (Å²) in [6, 6.07) is 3.79. The van der Waals surface area contributed by atoms with Crippen LogP contribution in [0.1, 0.15) is 19.3 Å². The quantitative estimate of drug-likeness (QED) is 0.851. The lowest BCUT2D eigenvalue weighted by Gasteiger charge is -2.33. The van der Waals surface area contributed by atoms with Gasteiger partial charge in [-0.05, 0) is 41.3 Å². The lowest BCUT2D eigenvalue weighted by Crippen LogP contribution is -2.40. The van der Waals surface area contributed by atoms with Crippen molar-refractivity contribution in [1.29, 1.82) is 5.26 Å². The van der Waals surface area contributed by atoms with Gasteiger partial charge in [0.2, 0.25) is 5.91 Å². The number of nitrogens with one attached hydrogen (secondary N) is 1. The molecule has 1 amide bonds. The number of nitriles is 1. The monoisotopic (exact) mass is 314 g/mol. The van der Waals surface area contributed by atoms with E-state index in [1.807, 2.05) is 6.07 Å². The molecular weight excluding hydrogens is 306 g/mol. The minimum Gasteiger partial charge on any atom is -0.322 e. The minimum atomic E-state index is -1.06. The van der Waals surface area contributed by atoms with Crippen molar-refractivity contribution in [2.75, 3.05) is 5.32 Å². The zero-order chi connectivity index (χ0) is 13.3. The van der Waals surface area contributed by atoms with Crippen molar-refractivity contribution in [3.8, 4) is 6.07 Å². The van der Waals surface area contributed by atoms with Crippen LogP contribution in [0.3, 0.4) is 0 Å². The molecule has 6 heteroatoms. The molecule has 0 atom stereocenters. The molecule has 1 saturated carbocycles. The molecule has 0 saturated heterocycles. The smallest absolute Gasteiger partial charge is 0.244 e. The van der Waals surface area contributed by atoms with Crippen LogP contribution in [0, 0.1) is 28.4 Å². The highest BCUT2D eigenvalue weighted by molar-refractivity contribution is 9.10. The number of hydrogen-bond donors (Lipinski definition) is 1. The van der Waals surface area contributed by atoms with E-state index in [9.17, 15) is 13.6 Å². The molecule has 0 aromatic heterocycles. The minimum absolute atomic E-state index is 0.0545. The van der Waals surface area contributed by atoms with Crippen LogP contribution in [0.2, 0.25) is 0 Å². The highest BCUT2D eigenvalue weighted by atomic mass is 79.9. The average molecular weight is 315 g/mol. The van der Waals surface area contributed by atoms with E-state index < -0.39 is 23.0 Å². The van der Waals surface area contributed by atoms with Gasteiger partial charge in [-0.25, -0.2) is 8.78 Å². The van der Waals surface area contributed by atoms with E-state index in [4.69, 9.17) is 5.26 Å². The van der Waals surface area contributed by atoms with Crippen LogP contribution < -0.4 is 5.32 Å². The summed E-state index contributed by atoms with van der Waals surface area (Å²) in [6.07, 6.45) is 1.75. The number of carbonyl (C=O) groups is 1. The van der Waals surface area contributed by atoms with Gasteiger partial charge >= 0.3 is 0 Å². The normalized spacial score (nSPS) is 16.6. The Kier molecular flexibility index (Phi) is 3.35. The first-order valence-electron chi connectivity index (χ1n) is 5.36. The second-order valence-electron chi connectivity index (χ2n) is 4.25. The maximum absolute atomic E-state index is 13.4. The first-order chi connectivity index (χ1) is 8.48. The molecular formula is C12H9BrF2N2O. The van der Waals surface area contributed by atoms with E-state index in [-0.39, 0.29) is 10.2 Å². The SMILES string of the molecule is N#CC1(C(=O)Nc2cc(Br)c(F)cc2F)CCC1. The fourth-order valence-electron chi connectivity index (χ4n) is 1.78. The Bertz CT molecular complexity index is 550. The topological polar surface area (TPSA) is 52.9 Å². The maximum Gasteiger partial charge on any atom is 0.244 e. The third kappa shape index (κ3) is 2.10. The number of hydrogen-bond acceptors (Lipinski definition) is 2. The van der Waals surface area contributed by atoms with Gasteiger partial charge in [0, 0.05) is 6.07 Å². The van der Waals surface area contributed by atoms with Crippen molar-refractivity contribution in [1.82, 2.24) is 0 Å². The molecule has 94 valence electrons. The molecule has 1 fully saturated rings. The van der Waals surface area contributed by atoms with Gasteiger partial charge in [0.25, 0.3) is 0 Å². The van der Waals surface area contributed by atoms with Gasteiger partial charge in [-0.1, -0.05) is 0 Å². The highest BCUT2D eigenvalue weighted by Crippen LogP contribution is 2.41. The van der Waals surface area contributed by atoms with Crippen molar-refractivity contribution in [2.24, 2.45) is 5.41 Å². The molecule has 0 aliphatic heterocycles. The van der Waals surface area contributed by atoms with Crippen molar-refractivity contribution in [3.05, 3.63) is 28.2 Å². The molecule has 0 radical (unpaired) electrons. The van der Waals surface area contributed by atoms with Crippen molar-refractivity contribution in [2.45, 2.75) is 19.3 Å². The summed E-state index contributed by atoms with van der Waals surface area (Å²) in [5, 5.41) is 11.3. The summed E-state index contributed by atoms with van der Waals surface area (Å²) in [5.74, 6) is -2.14. The van der Waals surface area contributed by atoms with Crippen LogP contribution in [0.5, 0.6) is 0 Å². The van der Waals surface area contributed by atoms with Crippen LogP contribution in [0.25, 0.3) is 0 Å². The Morgan fingerprint density at radius 1 is 1.39 bits per heavy atom. The van der Waals surface area contributed by atoms with Crippen molar-refractivity contribution in [3.63, 3.8) is 0 Å². The van der Waals surface area contributed by atoms with Crippen molar-refractivity contribution < 1.29 is 13.6 Å². The van der Waals surface area contributed by atoms with E-state index >= 15 is 0 Å². The van der Waals surface area contributed by atoms with Gasteiger partial charge < -0.3 is 5.32 Å². The van der Waals surface area contributed by atoms with E-state index in [0.29, 0.717) is 18.9 Å². The molecule has 1 N–H and O–H groups in total. The fourth-order valence-corrected chi connectivity index (χ4v) is 2.12. The first-order valence-corrected chi connectivity index (χ1v) is 6.15. The Morgan fingerprint density at radius 3 is 2.56 bits per heavy atom. The molecule has 2 rings (SSSR count). The van der Waals surface area contributed by atoms with Gasteiger partial charge in [-0.2, -0.15) is 5.26 Å².